The average Bonchev–Trinajstić information content (AvgIpc) is 2.84. The van der Waals surface area contributed by atoms with E-state index in [1.165, 1.54) is 12.1 Å². The highest BCUT2D eigenvalue weighted by Crippen LogP contribution is 2.35. The second-order valence-electron chi connectivity index (χ2n) is 6.36. The first-order valence-corrected chi connectivity index (χ1v) is 8.24. The summed E-state index contributed by atoms with van der Waals surface area (Å²) in [5, 5.41) is 2.37. The number of alkyl halides is 3. The molecular formula is C18H17F3N2O3. The van der Waals surface area contributed by atoms with Gasteiger partial charge in [-0.25, -0.2) is 0 Å². The van der Waals surface area contributed by atoms with Crippen molar-refractivity contribution in [3.63, 3.8) is 0 Å². The number of fused-ring (bicyclic) bond motifs is 1. The number of carbonyl (C=O) groups is 3. The van der Waals surface area contributed by atoms with Gasteiger partial charge in [-0.2, -0.15) is 13.2 Å². The molecular weight excluding hydrogens is 349 g/mol. The van der Waals surface area contributed by atoms with E-state index in [9.17, 15) is 27.6 Å². The molecule has 1 aliphatic carbocycles. The lowest BCUT2D eigenvalue weighted by Gasteiger charge is -2.15. The van der Waals surface area contributed by atoms with Gasteiger partial charge in [0.05, 0.1) is 17.4 Å². The zero-order valence-electron chi connectivity index (χ0n) is 13.8. The highest BCUT2D eigenvalue weighted by Gasteiger charge is 2.46. The van der Waals surface area contributed by atoms with Gasteiger partial charge in [0.1, 0.15) is 0 Å². The van der Waals surface area contributed by atoms with Crippen molar-refractivity contribution in [1.82, 2.24) is 4.90 Å². The fourth-order valence-corrected chi connectivity index (χ4v) is 3.30. The van der Waals surface area contributed by atoms with E-state index in [0.29, 0.717) is 12.8 Å². The van der Waals surface area contributed by atoms with Gasteiger partial charge in [0.25, 0.3) is 0 Å². The predicted molar refractivity (Wildman–Crippen MR) is 86.8 cm³/mol. The number of hydrogen-bond donors (Lipinski definition) is 1. The largest absolute Gasteiger partial charge is 0.416 e. The number of nitrogens with zero attached hydrogens (tertiary/aromatic N) is 1. The van der Waals surface area contributed by atoms with E-state index in [1.54, 1.807) is 0 Å². The second kappa shape index (κ2) is 6.93. The third kappa shape index (κ3) is 3.63. The molecule has 2 atom stereocenters. The molecule has 1 aliphatic heterocycles. The summed E-state index contributed by atoms with van der Waals surface area (Å²) in [6.07, 6.45) is 0.108. The van der Waals surface area contributed by atoms with Crippen molar-refractivity contribution in [2.45, 2.75) is 25.4 Å². The first-order chi connectivity index (χ1) is 12.3. The van der Waals surface area contributed by atoms with Gasteiger partial charge in [-0.15, -0.1) is 0 Å². The van der Waals surface area contributed by atoms with E-state index in [2.05, 4.69) is 5.32 Å². The van der Waals surface area contributed by atoms with E-state index in [-0.39, 0.29) is 42.3 Å². The van der Waals surface area contributed by atoms with Crippen LogP contribution in [0.3, 0.4) is 0 Å². The maximum absolute atomic E-state index is 12.7. The Balaban J connectivity index is 1.58. The molecule has 2 aliphatic rings. The summed E-state index contributed by atoms with van der Waals surface area (Å²) in [5.41, 5.74) is -0.849. The van der Waals surface area contributed by atoms with Crippen LogP contribution in [-0.4, -0.2) is 29.2 Å². The number of allylic oxidation sites excluding steroid dienone is 2. The first kappa shape index (κ1) is 18.2. The lowest BCUT2D eigenvalue weighted by Crippen LogP contribution is -2.34. The third-order valence-corrected chi connectivity index (χ3v) is 4.63. The Labute approximate surface area is 147 Å². The van der Waals surface area contributed by atoms with Gasteiger partial charge in [0.15, 0.2) is 0 Å². The van der Waals surface area contributed by atoms with Crippen LogP contribution in [0, 0.1) is 11.8 Å². The van der Waals surface area contributed by atoms with E-state index in [1.807, 2.05) is 12.2 Å². The maximum Gasteiger partial charge on any atom is 0.416 e. The molecule has 0 radical (unpaired) electrons. The summed E-state index contributed by atoms with van der Waals surface area (Å²) in [7, 11) is 0. The van der Waals surface area contributed by atoms with Crippen LogP contribution >= 0.6 is 0 Å². The van der Waals surface area contributed by atoms with Gasteiger partial charge in [-0.1, -0.05) is 18.2 Å². The number of amides is 3. The lowest BCUT2D eigenvalue weighted by molar-refractivity contribution is -0.140. The molecule has 0 unspecified atom stereocenters. The normalized spacial score (nSPS) is 22.5. The number of halogens is 3. The van der Waals surface area contributed by atoms with E-state index < -0.39 is 17.6 Å². The average molecular weight is 366 g/mol. The molecule has 0 saturated carbocycles. The van der Waals surface area contributed by atoms with Crippen LogP contribution < -0.4 is 5.32 Å². The Hall–Kier alpha value is -2.64. The van der Waals surface area contributed by atoms with Crippen molar-refractivity contribution in [2.75, 3.05) is 11.9 Å². The highest BCUT2D eigenvalue weighted by atomic mass is 19.4. The van der Waals surface area contributed by atoms with Crippen LogP contribution in [0.15, 0.2) is 36.4 Å². The number of likely N-dealkylation sites (tertiary alicyclic amines) is 1. The van der Waals surface area contributed by atoms with Crippen molar-refractivity contribution in [3.05, 3.63) is 42.0 Å². The standard InChI is InChI=1S/C18H17F3N2O3/c19-18(20,21)11-4-3-5-12(10-11)22-15(24)8-9-23-16(25)13-6-1-2-7-14(13)17(23)26/h1-5,10,13-14H,6-9H2,(H,22,24)/t13-,14-/m0/s1. The Bertz CT molecular complexity index is 747. The van der Waals surface area contributed by atoms with E-state index in [4.69, 9.17) is 0 Å². The van der Waals surface area contributed by atoms with Gasteiger partial charge in [-0.3, -0.25) is 19.3 Å². The smallest absolute Gasteiger partial charge is 0.326 e. The van der Waals surface area contributed by atoms with Crippen molar-refractivity contribution in [2.24, 2.45) is 11.8 Å². The van der Waals surface area contributed by atoms with Crippen LogP contribution in [-0.2, 0) is 20.6 Å². The molecule has 1 saturated heterocycles. The van der Waals surface area contributed by atoms with Crippen LogP contribution in [0.2, 0.25) is 0 Å². The molecule has 8 heteroatoms. The van der Waals surface area contributed by atoms with Gasteiger partial charge in [0.2, 0.25) is 17.7 Å². The summed E-state index contributed by atoms with van der Waals surface area (Å²) in [6, 6.07) is 4.29. The summed E-state index contributed by atoms with van der Waals surface area (Å²) in [6.45, 7) is -0.0739. The van der Waals surface area contributed by atoms with E-state index >= 15 is 0 Å². The highest BCUT2D eigenvalue weighted by molar-refractivity contribution is 6.05. The van der Waals surface area contributed by atoms with Crippen LogP contribution in [0.4, 0.5) is 18.9 Å². The SMILES string of the molecule is O=C(CCN1C(=O)[C@H]2CC=CC[C@@H]2C1=O)Nc1cccc(C(F)(F)F)c1. The fraction of sp³-hybridized carbons (Fsp3) is 0.389. The molecule has 1 aromatic carbocycles. The molecule has 1 heterocycles. The minimum absolute atomic E-state index is 0.0155. The molecule has 1 N–H and O–H groups in total. The summed E-state index contributed by atoms with van der Waals surface area (Å²) in [5.74, 6) is -1.84. The Kier molecular flexibility index (Phi) is 4.84. The number of nitrogens with one attached hydrogen (secondary N) is 1. The Morgan fingerprint density at radius 3 is 2.31 bits per heavy atom. The van der Waals surface area contributed by atoms with Crippen LogP contribution in [0.25, 0.3) is 0 Å². The topological polar surface area (TPSA) is 66.5 Å². The summed E-state index contributed by atoms with van der Waals surface area (Å²) in [4.78, 5) is 37.7. The monoisotopic (exact) mass is 366 g/mol. The number of hydrogen-bond acceptors (Lipinski definition) is 3. The quantitative estimate of drug-likeness (QED) is 0.658. The van der Waals surface area contributed by atoms with Crippen molar-refractivity contribution >= 4 is 23.4 Å². The fourth-order valence-electron chi connectivity index (χ4n) is 3.30. The van der Waals surface area contributed by atoms with Gasteiger partial charge in [-0.05, 0) is 31.0 Å². The molecule has 1 aromatic rings. The minimum Gasteiger partial charge on any atom is -0.326 e. The number of rotatable bonds is 4. The molecule has 26 heavy (non-hydrogen) atoms. The molecule has 0 bridgehead atoms. The molecule has 5 nitrogen and oxygen atoms in total. The van der Waals surface area contributed by atoms with Gasteiger partial charge >= 0.3 is 6.18 Å². The number of imide groups is 1. The Morgan fingerprint density at radius 1 is 1.12 bits per heavy atom. The lowest BCUT2D eigenvalue weighted by atomic mass is 9.85. The minimum atomic E-state index is -4.50. The summed E-state index contributed by atoms with van der Waals surface area (Å²) >= 11 is 0. The zero-order chi connectivity index (χ0) is 18.9. The van der Waals surface area contributed by atoms with Crippen LogP contribution in [0.1, 0.15) is 24.8 Å². The predicted octanol–water partition coefficient (Wildman–Crippen LogP) is 2.99. The number of anilines is 1. The van der Waals surface area contributed by atoms with Gasteiger partial charge < -0.3 is 5.32 Å². The molecule has 1 fully saturated rings. The van der Waals surface area contributed by atoms with Crippen molar-refractivity contribution < 1.29 is 27.6 Å². The second-order valence-corrected chi connectivity index (χ2v) is 6.36. The maximum atomic E-state index is 12.7. The Morgan fingerprint density at radius 2 is 1.73 bits per heavy atom. The van der Waals surface area contributed by atoms with Gasteiger partial charge in [0, 0.05) is 18.7 Å². The third-order valence-electron chi connectivity index (χ3n) is 4.63. The molecule has 0 aromatic heterocycles. The zero-order valence-corrected chi connectivity index (χ0v) is 13.8. The van der Waals surface area contributed by atoms with E-state index in [0.717, 1.165) is 17.0 Å². The number of benzene rings is 1. The summed E-state index contributed by atoms with van der Waals surface area (Å²) < 4.78 is 38.1. The number of carbonyl (C=O) groups excluding carboxylic acids is 3. The molecule has 3 rings (SSSR count). The van der Waals surface area contributed by atoms with Crippen molar-refractivity contribution in [1.29, 1.82) is 0 Å². The molecule has 138 valence electrons. The molecule has 3 amide bonds. The first-order valence-electron chi connectivity index (χ1n) is 8.24. The molecule has 0 spiro atoms. The van der Waals surface area contributed by atoms with Crippen molar-refractivity contribution in [3.8, 4) is 0 Å². The van der Waals surface area contributed by atoms with Crippen LogP contribution in [0.5, 0.6) is 0 Å².